The molecule has 2 aliphatic rings. The topological polar surface area (TPSA) is 94.3 Å². The SMILES string of the molecule is O=C1OC(c2cccc([N+](=O)[O-])c2)=N/C1=C\c1ccc(N2CCOCC2)s1. The van der Waals surface area contributed by atoms with Crippen LogP contribution in [0, 0.1) is 10.1 Å². The van der Waals surface area contributed by atoms with Crippen molar-refractivity contribution in [1.29, 1.82) is 0 Å². The summed E-state index contributed by atoms with van der Waals surface area (Å²) in [4.78, 5) is 29.9. The van der Waals surface area contributed by atoms with Gasteiger partial charge in [-0.2, -0.15) is 0 Å². The molecule has 1 aromatic carbocycles. The molecule has 0 N–H and O–H groups in total. The molecule has 9 heteroatoms. The van der Waals surface area contributed by atoms with Crippen molar-refractivity contribution in [1.82, 2.24) is 0 Å². The van der Waals surface area contributed by atoms with Gasteiger partial charge >= 0.3 is 5.97 Å². The number of cyclic esters (lactones) is 1. The summed E-state index contributed by atoms with van der Waals surface area (Å²) in [5.41, 5.74) is 0.477. The van der Waals surface area contributed by atoms with Gasteiger partial charge in [0.2, 0.25) is 5.90 Å². The first kappa shape index (κ1) is 17.4. The van der Waals surface area contributed by atoms with Crippen molar-refractivity contribution in [3.8, 4) is 0 Å². The van der Waals surface area contributed by atoms with Crippen LogP contribution in [0.3, 0.4) is 0 Å². The third-order valence-corrected chi connectivity index (χ3v) is 5.23. The lowest BCUT2D eigenvalue weighted by molar-refractivity contribution is -0.384. The number of carbonyl (C=O) groups is 1. The Morgan fingerprint density at radius 3 is 2.81 bits per heavy atom. The molecule has 1 fully saturated rings. The average Bonchev–Trinajstić information content (AvgIpc) is 3.30. The summed E-state index contributed by atoms with van der Waals surface area (Å²) in [7, 11) is 0. The van der Waals surface area contributed by atoms with Crippen LogP contribution < -0.4 is 4.90 Å². The summed E-state index contributed by atoms with van der Waals surface area (Å²) >= 11 is 1.56. The molecule has 3 heterocycles. The van der Waals surface area contributed by atoms with E-state index in [0.717, 1.165) is 23.0 Å². The van der Waals surface area contributed by atoms with Gasteiger partial charge in [-0.05, 0) is 24.3 Å². The molecule has 1 aromatic heterocycles. The molecule has 0 atom stereocenters. The number of nitro benzene ring substituents is 1. The lowest BCUT2D eigenvalue weighted by atomic mass is 10.2. The smallest absolute Gasteiger partial charge is 0.363 e. The largest absolute Gasteiger partial charge is 0.402 e. The quantitative estimate of drug-likeness (QED) is 0.348. The number of rotatable bonds is 4. The van der Waals surface area contributed by atoms with E-state index in [9.17, 15) is 14.9 Å². The fraction of sp³-hybridized carbons (Fsp3) is 0.222. The highest BCUT2D eigenvalue weighted by molar-refractivity contribution is 7.16. The van der Waals surface area contributed by atoms with Crippen molar-refractivity contribution in [3.63, 3.8) is 0 Å². The Labute approximate surface area is 158 Å². The number of anilines is 1. The molecular formula is C18H15N3O5S. The van der Waals surface area contributed by atoms with Gasteiger partial charge in [0.25, 0.3) is 5.69 Å². The number of morpholine rings is 1. The Kier molecular flexibility index (Phi) is 4.69. The van der Waals surface area contributed by atoms with Gasteiger partial charge in [-0.1, -0.05) is 6.07 Å². The van der Waals surface area contributed by atoms with Gasteiger partial charge in [-0.15, -0.1) is 11.3 Å². The first-order valence-electron chi connectivity index (χ1n) is 8.30. The highest BCUT2D eigenvalue weighted by atomic mass is 32.1. The molecule has 0 amide bonds. The molecule has 0 unspecified atom stereocenters. The van der Waals surface area contributed by atoms with Crippen LogP contribution in [-0.2, 0) is 14.3 Å². The van der Waals surface area contributed by atoms with E-state index < -0.39 is 10.9 Å². The predicted octanol–water partition coefficient (Wildman–Crippen LogP) is 2.84. The second kappa shape index (κ2) is 7.29. The number of carbonyl (C=O) groups excluding carboxylic acids is 1. The van der Waals surface area contributed by atoms with Gasteiger partial charge in [0.1, 0.15) is 0 Å². The molecule has 27 heavy (non-hydrogen) atoms. The van der Waals surface area contributed by atoms with Gasteiger partial charge in [0.05, 0.1) is 23.1 Å². The van der Waals surface area contributed by atoms with Gasteiger partial charge in [-0.3, -0.25) is 10.1 Å². The predicted molar refractivity (Wildman–Crippen MR) is 101 cm³/mol. The van der Waals surface area contributed by atoms with Crippen molar-refractivity contribution < 1.29 is 19.2 Å². The lowest BCUT2D eigenvalue weighted by Crippen LogP contribution is -2.35. The number of benzene rings is 1. The van der Waals surface area contributed by atoms with Crippen molar-refractivity contribution in [3.05, 3.63) is 62.7 Å². The summed E-state index contributed by atoms with van der Waals surface area (Å²) < 4.78 is 10.5. The zero-order chi connectivity index (χ0) is 18.8. The lowest BCUT2D eigenvalue weighted by Gasteiger charge is -2.27. The summed E-state index contributed by atoms with van der Waals surface area (Å²) in [6.45, 7) is 3.09. The van der Waals surface area contributed by atoms with E-state index in [1.165, 1.54) is 18.2 Å². The zero-order valence-corrected chi connectivity index (χ0v) is 15.0. The van der Waals surface area contributed by atoms with Crippen molar-refractivity contribution in [2.45, 2.75) is 0 Å². The molecule has 138 valence electrons. The second-order valence-electron chi connectivity index (χ2n) is 5.92. The van der Waals surface area contributed by atoms with Crippen LogP contribution in [0.2, 0.25) is 0 Å². The van der Waals surface area contributed by atoms with Gasteiger partial charge in [-0.25, -0.2) is 9.79 Å². The van der Waals surface area contributed by atoms with E-state index in [1.807, 2.05) is 12.1 Å². The first-order valence-corrected chi connectivity index (χ1v) is 9.12. The fourth-order valence-electron chi connectivity index (χ4n) is 2.79. The number of non-ortho nitro benzene ring substituents is 1. The molecule has 0 spiro atoms. The number of nitrogens with zero attached hydrogens (tertiary/aromatic N) is 3. The van der Waals surface area contributed by atoms with E-state index in [4.69, 9.17) is 9.47 Å². The first-order chi connectivity index (χ1) is 13.1. The Balaban J connectivity index is 1.57. The van der Waals surface area contributed by atoms with E-state index >= 15 is 0 Å². The summed E-state index contributed by atoms with van der Waals surface area (Å²) in [6, 6.07) is 9.78. The zero-order valence-electron chi connectivity index (χ0n) is 14.2. The van der Waals surface area contributed by atoms with Gasteiger partial charge in [0, 0.05) is 35.7 Å². The number of ether oxygens (including phenoxy) is 2. The molecule has 1 saturated heterocycles. The maximum atomic E-state index is 12.1. The number of nitro groups is 1. The monoisotopic (exact) mass is 385 g/mol. The van der Waals surface area contributed by atoms with Gasteiger partial charge < -0.3 is 14.4 Å². The number of esters is 1. The van der Waals surface area contributed by atoms with Crippen LogP contribution in [0.1, 0.15) is 10.4 Å². The van der Waals surface area contributed by atoms with Crippen LogP contribution in [-0.4, -0.2) is 43.1 Å². The van der Waals surface area contributed by atoms with Crippen LogP contribution in [0.15, 0.2) is 47.1 Å². The molecule has 0 aliphatic carbocycles. The third kappa shape index (κ3) is 3.74. The third-order valence-electron chi connectivity index (χ3n) is 4.14. The summed E-state index contributed by atoms with van der Waals surface area (Å²) in [5.74, 6) is -0.502. The van der Waals surface area contributed by atoms with E-state index in [1.54, 1.807) is 23.5 Å². The standard InChI is InChI=1S/C18H15N3O5S/c22-18-15(11-14-4-5-16(27-14)20-6-8-25-9-7-20)19-17(26-18)12-2-1-3-13(10-12)21(23)24/h1-5,10-11H,6-9H2/b15-11-. The molecule has 2 aliphatic heterocycles. The number of hydrogen-bond donors (Lipinski definition) is 0. The molecule has 2 aromatic rings. The molecule has 0 radical (unpaired) electrons. The Morgan fingerprint density at radius 2 is 2.04 bits per heavy atom. The Bertz CT molecular complexity index is 959. The molecular weight excluding hydrogens is 370 g/mol. The van der Waals surface area contributed by atoms with E-state index in [0.29, 0.717) is 18.8 Å². The maximum Gasteiger partial charge on any atom is 0.363 e. The highest BCUT2D eigenvalue weighted by Gasteiger charge is 2.25. The number of thiophene rings is 1. The van der Waals surface area contributed by atoms with Crippen LogP contribution in [0.5, 0.6) is 0 Å². The second-order valence-corrected chi connectivity index (χ2v) is 7.01. The average molecular weight is 385 g/mol. The number of hydrogen-bond acceptors (Lipinski definition) is 8. The highest BCUT2D eigenvalue weighted by Crippen LogP contribution is 2.30. The fourth-order valence-corrected chi connectivity index (χ4v) is 3.79. The molecule has 4 rings (SSSR count). The van der Waals surface area contributed by atoms with Crippen molar-refractivity contribution in [2.75, 3.05) is 31.2 Å². The van der Waals surface area contributed by atoms with Crippen LogP contribution in [0.4, 0.5) is 10.7 Å². The van der Waals surface area contributed by atoms with Gasteiger partial charge in [0.15, 0.2) is 5.70 Å². The Morgan fingerprint density at radius 1 is 1.22 bits per heavy atom. The summed E-state index contributed by atoms with van der Waals surface area (Å²) in [5, 5.41) is 12.0. The minimum Gasteiger partial charge on any atom is -0.402 e. The Hall–Kier alpha value is -3.04. The van der Waals surface area contributed by atoms with E-state index in [2.05, 4.69) is 9.89 Å². The van der Waals surface area contributed by atoms with Crippen molar-refractivity contribution >= 4 is 40.0 Å². The molecule has 0 saturated carbocycles. The molecule has 8 nitrogen and oxygen atoms in total. The minimum absolute atomic E-state index is 0.0694. The van der Waals surface area contributed by atoms with Crippen LogP contribution >= 0.6 is 11.3 Å². The van der Waals surface area contributed by atoms with Crippen molar-refractivity contribution in [2.24, 2.45) is 4.99 Å². The maximum absolute atomic E-state index is 12.1. The summed E-state index contributed by atoms with van der Waals surface area (Å²) in [6.07, 6.45) is 1.67. The number of aliphatic imine (C=N–C) groups is 1. The molecule has 0 bridgehead atoms. The van der Waals surface area contributed by atoms with E-state index in [-0.39, 0.29) is 17.3 Å². The normalized spacial score (nSPS) is 18.5. The van der Waals surface area contributed by atoms with Crippen LogP contribution in [0.25, 0.3) is 6.08 Å². The minimum atomic E-state index is -0.571.